The molecule has 2 rings (SSSR count). The fourth-order valence-corrected chi connectivity index (χ4v) is 2.00. The summed E-state index contributed by atoms with van der Waals surface area (Å²) in [5.41, 5.74) is 2.07. The molecule has 0 aliphatic rings. The predicted octanol–water partition coefficient (Wildman–Crippen LogP) is 3.27. The van der Waals surface area contributed by atoms with E-state index in [1.54, 1.807) is 12.1 Å². The van der Waals surface area contributed by atoms with Crippen LogP contribution in [0.2, 0.25) is 0 Å². The van der Waals surface area contributed by atoms with Crippen LogP contribution in [0.1, 0.15) is 42.8 Å². The molecule has 1 aromatic carbocycles. The van der Waals surface area contributed by atoms with E-state index in [-0.39, 0.29) is 5.76 Å². The summed E-state index contributed by atoms with van der Waals surface area (Å²) in [7, 11) is 0. The molecule has 0 fully saturated rings. The van der Waals surface area contributed by atoms with Gasteiger partial charge in [-0.05, 0) is 36.6 Å². The maximum atomic E-state index is 11.9. The Bertz CT molecular complexity index is 687. The van der Waals surface area contributed by atoms with E-state index in [0.717, 1.165) is 5.56 Å². The van der Waals surface area contributed by atoms with Gasteiger partial charge < -0.3 is 14.8 Å². The summed E-state index contributed by atoms with van der Waals surface area (Å²) in [6.07, 6.45) is 0. The maximum absolute atomic E-state index is 11.9. The van der Waals surface area contributed by atoms with Crippen LogP contribution >= 0.6 is 0 Å². The van der Waals surface area contributed by atoms with Gasteiger partial charge in [0.25, 0.3) is 5.91 Å². The second kappa shape index (κ2) is 6.47. The summed E-state index contributed by atoms with van der Waals surface area (Å²) in [6, 6.07) is 10.2. The normalized spacial score (nSPS) is 12.2. The number of carbonyl (C=O) groups excluding carboxylic acids is 1. The Morgan fingerprint density at radius 3 is 2.50 bits per heavy atom. The van der Waals surface area contributed by atoms with Gasteiger partial charge in [-0.3, -0.25) is 9.59 Å². The van der Waals surface area contributed by atoms with Crippen LogP contribution in [0.15, 0.2) is 40.8 Å². The van der Waals surface area contributed by atoms with Gasteiger partial charge in [0.15, 0.2) is 5.76 Å². The van der Waals surface area contributed by atoms with Gasteiger partial charge in [-0.1, -0.05) is 32.0 Å². The standard InChI is InChI=1S/C17H19NO4/c1-10(2)12-5-4-6-13(9-12)14-7-8-15(22-14)16(19)18-11(3)17(20)21/h4-11H,1-3H3,(H,18,19)(H,20,21)/t11-/m0/s1. The highest BCUT2D eigenvalue weighted by atomic mass is 16.4. The molecule has 0 saturated heterocycles. The van der Waals surface area contributed by atoms with Crippen molar-refractivity contribution in [1.82, 2.24) is 5.32 Å². The van der Waals surface area contributed by atoms with Crippen molar-refractivity contribution >= 4 is 11.9 Å². The molecule has 0 radical (unpaired) electrons. The van der Waals surface area contributed by atoms with Crippen LogP contribution in [0.25, 0.3) is 11.3 Å². The first-order valence-corrected chi connectivity index (χ1v) is 7.12. The minimum atomic E-state index is -1.09. The van der Waals surface area contributed by atoms with Crippen molar-refractivity contribution in [2.75, 3.05) is 0 Å². The van der Waals surface area contributed by atoms with Crippen molar-refractivity contribution in [3.63, 3.8) is 0 Å². The number of benzene rings is 1. The highest BCUT2D eigenvalue weighted by molar-refractivity contribution is 5.94. The van der Waals surface area contributed by atoms with Crippen molar-refractivity contribution in [1.29, 1.82) is 0 Å². The van der Waals surface area contributed by atoms with E-state index in [4.69, 9.17) is 9.52 Å². The predicted molar refractivity (Wildman–Crippen MR) is 82.8 cm³/mol. The molecule has 0 bridgehead atoms. The van der Waals surface area contributed by atoms with Crippen LogP contribution < -0.4 is 5.32 Å². The Morgan fingerprint density at radius 2 is 1.86 bits per heavy atom. The minimum Gasteiger partial charge on any atom is -0.480 e. The third kappa shape index (κ3) is 3.55. The first-order valence-electron chi connectivity index (χ1n) is 7.12. The van der Waals surface area contributed by atoms with Crippen LogP contribution in [0.4, 0.5) is 0 Å². The van der Waals surface area contributed by atoms with Gasteiger partial charge in [-0.15, -0.1) is 0 Å². The largest absolute Gasteiger partial charge is 0.480 e. The molecule has 0 aliphatic heterocycles. The first kappa shape index (κ1) is 15.8. The van der Waals surface area contributed by atoms with Crippen LogP contribution in [0.3, 0.4) is 0 Å². The summed E-state index contributed by atoms with van der Waals surface area (Å²) in [5, 5.41) is 11.2. The third-order valence-electron chi connectivity index (χ3n) is 3.39. The number of aliphatic carboxylic acids is 1. The lowest BCUT2D eigenvalue weighted by Crippen LogP contribution is -2.38. The number of carbonyl (C=O) groups is 2. The fraction of sp³-hybridized carbons (Fsp3) is 0.294. The van der Waals surface area contributed by atoms with Gasteiger partial charge in [0.1, 0.15) is 11.8 Å². The van der Waals surface area contributed by atoms with Crippen LogP contribution in [0, 0.1) is 0 Å². The first-order chi connectivity index (χ1) is 10.4. The molecule has 0 saturated carbocycles. The Labute approximate surface area is 129 Å². The molecule has 2 aromatic rings. The summed E-state index contributed by atoms with van der Waals surface area (Å²) in [4.78, 5) is 22.7. The summed E-state index contributed by atoms with van der Waals surface area (Å²) >= 11 is 0. The molecule has 1 heterocycles. The average molecular weight is 301 g/mol. The Kier molecular flexibility index (Phi) is 4.65. The molecule has 2 N–H and O–H groups in total. The lowest BCUT2D eigenvalue weighted by atomic mass is 10.0. The number of amides is 1. The zero-order valence-electron chi connectivity index (χ0n) is 12.8. The highest BCUT2D eigenvalue weighted by Gasteiger charge is 2.18. The monoisotopic (exact) mass is 301 g/mol. The average Bonchev–Trinajstić information content (AvgIpc) is 2.97. The molecule has 1 amide bonds. The molecule has 0 unspecified atom stereocenters. The topological polar surface area (TPSA) is 79.5 Å². The van der Waals surface area contributed by atoms with Gasteiger partial charge in [-0.25, -0.2) is 0 Å². The molecule has 116 valence electrons. The number of nitrogens with one attached hydrogen (secondary N) is 1. The smallest absolute Gasteiger partial charge is 0.325 e. The van der Waals surface area contributed by atoms with Crippen molar-refractivity contribution in [3.8, 4) is 11.3 Å². The quantitative estimate of drug-likeness (QED) is 0.888. The van der Waals surface area contributed by atoms with Crippen LogP contribution in [-0.2, 0) is 4.79 Å². The Hall–Kier alpha value is -2.56. The van der Waals surface area contributed by atoms with Crippen LogP contribution in [0.5, 0.6) is 0 Å². The van der Waals surface area contributed by atoms with E-state index in [1.165, 1.54) is 12.5 Å². The number of hydrogen-bond acceptors (Lipinski definition) is 3. The third-order valence-corrected chi connectivity index (χ3v) is 3.39. The van der Waals surface area contributed by atoms with Gasteiger partial charge in [0, 0.05) is 5.56 Å². The van der Waals surface area contributed by atoms with E-state index in [9.17, 15) is 9.59 Å². The van der Waals surface area contributed by atoms with E-state index < -0.39 is 17.9 Å². The number of rotatable bonds is 5. The van der Waals surface area contributed by atoms with Gasteiger partial charge in [-0.2, -0.15) is 0 Å². The molecular weight excluding hydrogens is 282 g/mol. The highest BCUT2D eigenvalue weighted by Crippen LogP contribution is 2.25. The SMILES string of the molecule is CC(C)c1cccc(-c2ccc(C(=O)N[C@@H](C)C(=O)O)o2)c1. The molecule has 0 aliphatic carbocycles. The van der Waals surface area contributed by atoms with Gasteiger partial charge in [0.2, 0.25) is 0 Å². The number of carboxylic acid groups (broad SMARTS) is 1. The van der Waals surface area contributed by atoms with E-state index in [1.807, 2.05) is 24.3 Å². The van der Waals surface area contributed by atoms with Crippen molar-refractivity contribution in [3.05, 3.63) is 47.7 Å². The number of hydrogen-bond donors (Lipinski definition) is 2. The van der Waals surface area contributed by atoms with E-state index >= 15 is 0 Å². The number of furan rings is 1. The Balaban J connectivity index is 2.19. The van der Waals surface area contributed by atoms with Gasteiger partial charge in [0.05, 0.1) is 0 Å². The fourth-order valence-electron chi connectivity index (χ4n) is 2.00. The van der Waals surface area contributed by atoms with Crippen molar-refractivity contribution < 1.29 is 19.1 Å². The molecule has 5 heteroatoms. The summed E-state index contributed by atoms with van der Waals surface area (Å²) in [5.74, 6) is -0.561. The zero-order chi connectivity index (χ0) is 16.3. The molecule has 1 aromatic heterocycles. The second-order valence-electron chi connectivity index (χ2n) is 5.48. The molecule has 22 heavy (non-hydrogen) atoms. The molecule has 0 spiro atoms. The van der Waals surface area contributed by atoms with Crippen LogP contribution in [-0.4, -0.2) is 23.0 Å². The molecule has 5 nitrogen and oxygen atoms in total. The molecular formula is C17H19NO4. The maximum Gasteiger partial charge on any atom is 0.325 e. The minimum absolute atomic E-state index is 0.0954. The number of carboxylic acids is 1. The lowest BCUT2D eigenvalue weighted by molar-refractivity contribution is -0.138. The lowest BCUT2D eigenvalue weighted by Gasteiger charge is -2.07. The van der Waals surface area contributed by atoms with Crippen molar-refractivity contribution in [2.24, 2.45) is 0 Å². The van der Waals surface area contributed by atoms with Gasteiger partial charge >= 0.3 is 5.97 Å². The second-order valence-corrected chi connectivity index (χ2v) is 5.48. The molecule has 1 atom stereocenters. The van der Waals surface area contributed by atoms with E-state index in [2.05, 4.69) is 19.2 Å². The summed E-state index contributed by atoms with van der Waals surface area (Å²) in [6.45, 7) is 5.61. The summed E-state index contributed by atoms with van der Waals surface area (Å²) < 4.78 is 5.54. The van der Waals surface area contributed by atoms with E-state index in [0.29, 0.717) is 11.7 Å². The zero-order valence-corrected chi connectivity index (χ0v) is 12.8. The van der Waals surface area contributed by atoms with Crippen molar-refractivity contribution in [2.45, 2.75) is 32.7 Å². The Morgan fingerprint density at radius 1 is 1.14 bits per heavy atom.